The van der Waals surface area contributed by atoms with Crippen molar-refractivity contribution in [2.24, 2.45) is 0 Å². The molecule has 1 N–H and O–H groups in total. The SMILES string of the molecule is CCCCc1ccc(O)c(C(=O)CCCCCCC(=O)OCC)c1. The molecule has 134 valence electrons. The summed E-state index contributed by atoms with van der Waals surface area (Å²) in [6.45, 7) is 4.36. The first kappa shape index (κ1) is 20.2. The van der Waals surface area contributed by atoms with Gasteiger partial charge >= 0.3 is 5.97 Å². The summed E-state index contributed by atoms with van der Waals surface area (Å²) >= 11 is 0. The Morgan fingerprint density at radius 1 is 1.00 bits per heavy atom. The minimum atomic E-state index is -0.151. The quantitative estimate of drug-likeness (QED) is 0.338. The molecule has 0 unspecified atom stereocenters. The van der Waals surface area contributed by atoms with Crippen LogP contribution in [0.25, 0.3) is 0 Å². The third-order valence-corrected chi connectivity index (χ3v) is 4.02. The second-order valence-corrected chi connectivity index (χ2v) is 6.10. The van der Waals surface area contributed by atoms with Gasteiger partial charge in [0.15, 0.2) is 5.78 Å². The molecule has 0 atom stereocenters. The van der Waals surface area contributed by atoms with Crippen LogP contribution >= 0.6 is 0 Å². The number of aryl methyl sites for hydroxylation is 1. The molecule has 24 heavy (non-hydrogen) atoms. The number of hydrogen-bond donors (Lipinski definition) is 1. The zero-order valence-corrected chi connectivity index (χ0v) is 15.0. The molecule has 1 aromatic carbocycles. The number of phenols is 1. The van der Waals surface area contributed by atoms with E-state index in [0.29, 0.717) is 25.0 Å². The van der Waals surface area contributed by atoms with Crippen LogP contribution in [0.3, 0.4) is 0 Å². The monoisotopic (exact) mass is 334 g/mol. The van der Waals surface area contributed by atoms with Crippen molar-refractivity contribution in [1.29, 1.82) is 0 Å². The first-order valence-electron chi connectivity index (χ1n) is 9.09. The van der Waals surface area contributed by atoms with E-state index in [2.05, 4.69) is 6.92 Å². The number of carbonyl (C=O) groups excluding carboxylic acids is 2. The Balaban J connectivity index is 2.33. The average Bonchev–Trinajstić information content (AvgIpc) is 2.57. The van der Waals surface area contributed by atoms with E-state index in [4.69, 9.17) is 4.74 Å². The first-order valence-corrected chi connectivity index (χ1v) is 9.09. The normalized spacial score (nSPS) is 10.6. The summed E-state index contributed by atoms with van der Waals surface area (Å²) in [6.07, 6.45) is 7.40. The van der Waals surface area contributed by atoms with Crippen molar-refractivity contribution in [3.63, 3.8) is 0 Å². The first-order chi connectivity index (χ1) is 11.6. The summed E-state index contributed by atoms with van der Waals surface area (Å²) in [6, 6.07) is 5.34. The third-order valence-electron chi connectivity index (χ3n) is 4.02. The Morgan fingerprint density at radius 2 is 1.71 bits per heavy atom. The van der Waals surface area contributed by atoms with Crippen LogP contribution in [0.15, 0.2) is 18.2 Å². The summed E-state index contributed by atoms with van der Waals surface area (Å²) in [7, 11) is 0. The molecule has 0 heterocycles. The Kier molecular flexibility index (Phi) is 9.81. The van der Waals surface area contributed by atoms with Crippen molar-refractivity contribution >= 4 is 11.8 Å². The van der Waals surface area contributed by atoms with Crippen molar-refractivity contribution in [3.05, 3.63) is 29.3 Å². The Morgan fingerprint density at radius 3 is 2.38 bits per heavy atom. The highest BCUT2D eigenvalue weighted by Crippen LogP contribution is 2.22. The summed E-state index contributed by atoms with van der Waals surface area (Å²) < 4.78 is 4.88. The number of rotatable bonds is 12. The molecule has 0 aromatic heterocycles. The van der Waals surface area contributed by atoms with E-state index >= 15 is 0 Å². The van der Waals surface area contributed by atoms with E-state index in [0.717, 1.165) is 50.5 Å². The molecule has 0 aliphatic carbocycles. The highest BCUT2D eigenvalue weighted by Gasteiger charge is 2.12. The van der Waals surface area contributed by atoms with E-state index in [1.165, 1.54) is 0 Å². The summed E-state index contributed by atoms with van der Waals surface area (Å²) in [5.74, 6) is -0.0822. The highest BCUT2D eigenvalue weighted by molar-refractivity contribution is 5.98. The highest BCUT2D eigenvalue weighted by atomic mass is 16.5. The molecule has 0 saturated heterocycles. The van der Waals surface area contributed by atoms with Gasteiger partial charge in [-0.05, 0) is 50.3 Å². The fourth-order valence-corrected chi connectivity index (χ4v) is 2.62. The van der Waals surface area contributed by atoms with Crippen molar-refractivity contribution in [1.82, 2.24) is 0 Å². The molecule has 0 radical (unpaired) electrons. The van der Waals surface area contributed by atoms with Crippen molar-refractivity contribution in [2.45, 2.75) is 71.6 Å². The van der Waals surface area contributed by atoms with E-state index in [9.17, 15) is 14.7 Å². The van der Waals surface area contributed by atoms with Crippen LogP contribution in [0.5, 0.6) is 5.75 Å². The number of ketones is 1. The molecule has 0 fully saturated rings. The van der Waals surface area contributed by atoms with Gasteiger partial charge in [-0.15, -0.1) is 0 Å². The second kappa shape index (κ2) is 11.7. The van der Waals surface area contributed by atoms with Crippen LogP contribution in [0.4, 0.5) is 0 Å². The number of phenolic OH excluding ortho intramolecular Hbond substituents is 1. The van der Waals surface area contributed by atoms with Crippen LogP contribution in [-0.2, 0) is 16.0 Å². The number of esters is 1. The molecular formula is C20H30O4. The number of ether oxygens (including phenoxy) is 1. The van der Waals surface area contributed by atoms with E-state index in [1.54, 1.807) is 13.0 Å². The van der Waals surface area contributed by atoms with Crippen LogP contribution in [0.1, 0.15) is 81.1 Å². The maximum atomic E-state index is 12.3. The van der Waals surface area contributed by atoms with Crippen LogP contribution in [0.2, 0.25) is 0 Å². The molecule has 1 rings (SSSR count). The summed E-state index contributed by atoms with van der Waals surface area (Å²) in [5, 5.41) is 9.91. The Bertz CT molecular complexity index is 522. The molecule has 0 aliphatic heterocycles. The lowest BCUT2D eigenvalue weighted by Crippen LogP contribution is -2.03. The van der Waals surface area contributed by atoms with E-state index < -0.39 is 0 Å². The molecule has 0 saturated carbocycles. The molecule has 1 aromatic rings. The number of unbranched alkanes of at least 4 members (excludes halogenated alkanes) is 4. The fraction of sp³-hybridized carbons (Fsp3) is 0.600. The Hall–Kier alpha value is -1.84. The van der Waals surface area contributed by atoms with Gasteiger partial charge in [0.25, 0.3) is 0 Å². The van der Waals surface area contributed by atoms with Gasteiger partial charge in [0.1, 0.15) is 5.75 Å². The summed E-state index contributed by atoms with van der Waals surface area (Å²) in [4.78, 5) is 23.5. The van der Waals surface area contributed by atoms with Gasteiger partial charge in [0.05, 0.1) is 12.2 Å². The molecular weight excluding hydrogens is 304 g/mol. The zero-order valence-electron chi connectivity index (χ0n) is 15.0. The molecule has 0 bridgehead atoms. The number of carbonyl (C=O) groups is 2. The maximum Gasteiger partial charge on any atom is 0.305 e. The standard InChI is InChI=1S/C20H30O4/c1-3-5-10-16-13-14-19(22)17(15-16)18(21)11-8-6-7-9-12-20(23)24-4-2/h13-15,22H,3-12H2,1-2H3. The fourth-order valence-electron chi connectivity index (χ4n) is 2.62. The van der Waals surface area contributed by atoms with Crippen molar-refractivity contribution < 1.29 is 19.4 Å². The van der Waals surface area contributed by atoms with Gasteiger partial charge in [0, 0.05) is 12.8 Å². The number of Topliss-reactive ketones (excluding diaryl/α,β-unsaturated/α-hetero) is 1. The summed E-state index contributed by atoms with van der Waals surface area (Å²) in [5.41, 5.74) is 1.54. The maximum absolute atomic E-state index is 12.3. The van der Waals surface area contributed by atoms with Gasteiger partial charge in [-0.25, -0.2) is 0 Å². The lowest BCUT2D eigenvalue weighted by Gasteiger charge is -2.07. The third kappa shape index (κ3) is 7.62. The van der Waals surface area contributed by atoms with Crippen LogP contribution < -0.4 is 0 Å². The minimum Gasteiger partial charge on any atom is -0.507 e. The van der Waals surface area contributed by atoms with Gasteiger partial charge in [-0.3, -0.25) is 9.59 Å². The number of hydrogen-bond acceptors (Lipinski definition) is 4. The minimum absolute atomic E-state index is 0.00348. The van der Waals surface area contributed by atoms with Gasteiger partial charge < -0.3 is 9.84 Å². The lowest BCUT2D eigenvalue weighted by molar-refractivity contribution is -0.143. The molecule has 4 nitrogen and oxygen atoms in total. The molecule has 4 heteroatoms. The predicted molar refractivity (Wildman–Crippen MR) is 95.4 cm³/mol. The molecule has 0 aliphatic rings. The second-order valence-electron chi connectivity index (χ2n) is 6.10. The van der Waals surface area contributed by atoms with Crippen LogP contribution in [-0.4, -0.2) is 23.5 Å². The molecule has 0 amide bonds. The van der Waals surface area contributed by atoms with Crippen molar-refractivity contribution in [3.8, 4) is 5.75 Å². The molecule has 0 spiro atoms. The lowest BCUT2D eigenvalue weighted by atomic mass is 9.99. The Labute approximate surface area is 145 Å². The zero-order chi connectivity index (χ0) is 17.8. The number of benzene rings is 1. The predicted octanol–water partition coefficient (Wildman–Crippen LogP) is 4.82. The average molecular weight is 334 g/mol. The van der Waals surface area contributed by atoms with Crippen LogP contribution in [0, 0.1) is 0 Å². The van der Waals surface area contributed by atoms with Gasteiger partial charge in [-0.2, -0.15) is 0 Å². The van der Waals surface area contributed by atoms with Gasteiger partial charge in [-0.1, -0.05) is 32.3 Å². The van der Waals surface area contributed by atoms with Crippen molar-refractivity contribution in [2.75, 3.05) is 6.61 Å². The number of aromatic hydroxyl groups is 1. The van der Waals surface area contributed by atoms with E-state index in [-0.39, 0.29) is 17.5 Å². The largest absolute Gasteiger partial charge is 0.507 e. The smallest absolute Gasteiger partial charge is 0.305 e. The van der Waals surface area contributed by atoms with E-state index in [1.807, 2.05) is 12.1 Å². The topological polar surface area (TPSA) is 63.6 Å². The van der Waals surface area contributed by atoms with Gasteiger partial charge in [0.2, 0.25) is 0 Å².